The van der Waals surface area contributed by atoms with Crippen molar-refractivity contribution in [2.75, 3.05) is 0 Å². The van der Waals surface area contributed by atoms with Crippen molar-refractivity contribution < 1.29 is 0 Å². The molecular weight excluding hydrogens is 565 g/mol. The topological polar surface area (TPSA) is 35.6 Å². The number of nitrogens with zero attached hydrogens (tertiary/aromatic N) is 4. The molecule has 0 spiro atoms. The van der Waals surface area contributed by atoms with E-state index in [9.17, 15) is 0 Å². The molecule has 0 radical (unpaired) electrons. The molecule has 8 aromatic rings. The van der Waals surface area contributed by atoms with Crippen LogP contribution in [0.4, 0.5) is 0 Å². The number of fused-ring (bicyclic) bond motifs is 2. The lowest BCUT2D eigenvalue weighted by molar-refractivity contribution is 0.579. The van der Waals surface area contributed by atoms with E-state index < -0.39 is 5.41 Å². The summed E-state index contributed by atoms with van der Waals surface area (Å²) >= 11 is 3.52. The molecule has 4 heterocycles. The Labute approximate surface area is 258 Å². The van der Waals surface area contributed by atoms with Gasteiger partial charge in [-0.25, -0.2) is 9.36 Å². The molecule has 0 saturated carbocycles. The molecule has 0 aliphatic rings. The maximum absolute atomic E-state index is 5.32. The molecule has 0 unspecified atom stereocenters. The Morgan fingerprint density at radius 2 is 0.977 bits per heavy atom. The Bertz CT molecular complexity index is 2060. The number of hydrogen-bond donors (Lipinski definition) is 0. The second-order valence-corrected chi connectivity index (χ2v) is 13.2. The molecule has 0 saturated heterocycles. The minimum atomic E-state index is -0.522. The maximum Gasteiger partial charge on any atom is 0.0824 e. The minimum Gasteiger partial charge on any atom is -0.240 e. The Morgan fingerprint density at radius 3 is 1.42 bits per heavy atom. The van der Waals surface area contributed by atoms with Gasteiger partial charge in [0.05, 0.1) is 28.2 Å². The van der Waals surface area contributed by atoms with Crippen LogP contribution in [-0.2, 0) is 5.41 Å². The van der Waals surface area contributed by atoms with Crippen molar-refractivity contribution in [3.8, 4) is 33.6 Å². The van der Waals surface area contributed by atoms with E-state index in [0.717, 1.165) is 45.0 Å². The molecular formula is C37H28N4S2. The molecule has 6 heteroatoms. The lowest BCUT2D eigenvalue weighted by Crippen LogP contribution is -2.23. The Balaban J connectivity index is 1.33. The van der Waals surface area contributed by atoms with E-state index in [4.69, 9.17) is 10.2 Å². The van der Waals surface area contributed by atoms with E-state index in [2.05, 4.69) is 146 Å². The van der Waals surface area contributed by atoms with Crippen molar-refractivity contribution >= 4 is 42.8 Å². The molecule has 4 aromatic heterocycles. The van der Waals surface area contributed by atoms with Crippen LogP contribution >= 0.6 is 22.7 Å². The van der Waals surface area contributed by atoms with E-state index in [1.165, 1.54) is 20.2 Å². The van der Waals surface area contributed by atoms with Crippen molar-refractivity contribution in [1.29, 1.82) is 0 Å². The molecule has 0 aliphatic heterocycles. The Morgan fingerprint density at radius 1 is 0.535 bits per heavy atom. The van der Waals surface area contributed by atoms with Gasteiger partial charge in [-0.1, -0.05) is 60.7 Å². The summed E-state index contributed by atoms with van der Waals surface area (Å²) in [6.07, 6.45) is 4.34. The average molecular weight is 593 g/mol. The van der Waals surface area contributed by atoms with Crippen LogP contribution in [0.1, 0.15) is 25.2 Å². The maximum atomic E-state index is 5.32. The normalized spacial score (nSPS) is 12.0. The summed E-state index contributed by atoms with van der Waals surface area (Å²) in [6.45, 7) is 4.49. The summed E-state index contributed by atoms with van der Waals surface area (Å²) in [5, 5.41) is 17.4. The van der Waals surface area contributed by atoms with Crippen molar-refractivity contribution in [3.63, 3.8) is 0 Å². The number of benzene rings is 4. The van der Waals surface area contributed by atoms with Crippen molar-refractivity contribution in [1.82, 2.24) is 19.6 Å². The van der Waals surface area contributed by atoms with Crippen LogP contribution in [0.2, 0.25) is 0 Å². The summed E-state index contributed by atoms with van der Waals surface area (Å²) in [4.78, 5) is 0. The smallest absolute Gasteiger partial charge is 0.0824 e. The fourth-order valence-corrected chi connectivity index (χ4v) is 7.44. The van der Waals surface area contributed by atoms with Crippen LogP contribution in [-0.4, -0.2) is 19.6 Å². The summed E-state index contributed by atoms with van der Waals surface area (Å²) < 4.78 is 6.61. The van der Waals surface area contributed by atoms with Crippen molar-refractivity contribution in [3.05, 3.63) is 144 Å². The molecule has 43 heavy (non-hydrogen) atoms. The highest BCUT2D eigenvalue weighted by Crippen LogP contribution is 2.42. The van der Waals surface area contributed by atoms with Crippen LogP contribution in [0.15, 0.2) is 132 Å². The van der Waals surface area contributed by atoms with Gasteiger partial charge in [0, 0.05) is 32.9 Å². The predicted octanol–water partition coefficient (Wildman–Crippen LogP) is 10.1. The first-order valence-corrected chi connectivity index (χ1v) is 16.1. The van der Waals surface area contributed by atoms with E-state index in [0.29, 0.717) is 0 Å². The summed E-state index contributed by atoms with van der Waals surface area (Å²) in [7, 11) is 0. The SMILES string of the molecule is CC(C)(c1nn(-c2ccc3sccc3c2)cc1-c1ccccc1)c1nn(-c2ccc3sccc3c2)cc1-c1ccccc1. The molecule has 4 aromatic carbocycles. The van der Waals surface area contributed by atoms with Gasteiger partial charge in [0.2, 0.25) is 0 Å². The van der Waals surface area contributed by atoms with Gasteiger partial charge in [-0.15, -0.1) is 22.7 Å². The van der Waals surface area contributed by atoms with Crippen LogP contribution < -0.4 is 0 Å². The molecule has 4 nitrogen and oxygen atoms in total. The third-order valence-electron chi connectivity index (χ3n) is 8.18. The first kappa shape index (κ1) is 25.9. The third kappa shape index (κ3) is 4.51. The standard InChI is InChI=1S/C37H28N4S2/c1-37(2,35-31(25-9-5-3-6-10-25)23-40(38-35)29-13-15-33-27(21-29)17-19-42-33)36-32(26-11-7-4-8-12-26)24-41(39-36)30-14-16-34-28(22-30)18-20-43-34/h3-24H,1-2H3. The van der Waals surface area contributed by atoms with E-state index >= 15 is 0 Å². The molecule has 0 aliphatic carbocycles. The molecule has 0 N–H and O–H groups in total. The molecule has 0 amide bonds. The average Bonchev–Trinajstić information content (AvgIpc) is 3.86. The fraction of sp³-hybridized carbons (Fsp3) is 0.0811. The van der Waals surface area contributed by atoms with Gasteiger partial charge in [0.15, 0.2) is 0 Å². The van der Waals surface area contributed by atoms with Crippen LogP contribution in [0.25, 0.3) is 53.8 Å². The van der Waals surface area contributed by atoms with E-state index in [1.54, 1.807) is 22.7 Å². The lowest BCUT2D eigenvalue weighted by atomic mass is 9.80. The zero-order valence-corrected chi connectivity index (χ0v) is 25.4. The molecule has 0 atom stereocenters. The monoisotopic (exact) mass is 592 g/mol. The van der Waals surface area contributed by atoms with Gasteiger partial charge >= 0.3 is 0 Å². The zero-order chi connectivity index (χ0) is 29.0. The second-order valence-electron chi connectivity index (χ2n) is 11.3. The van der Waals surface area contributed by atoms with Crippen molar-refractivity contribution in [2.45, 2.75) is 19.3 Å². The number of rotatable bonds is 6. The minimum absolute atomic E-state index is 0.522. The second kappa shape index (κ2) is 10.2. The summed E-state index contributed by atoms with van der Waals surface area (Å²) in [5.41, 5.74) is 8.01. The largest absolute Gasteiger partial charge is 0.240 e. The third-order valence-corrected chi connectivity index (χ3v) is 9.98. The fourth-order valence-electron chi connectivity index (χ4n) is 5.90. The van der Waals surface area contributed by atoms with Crippen LogP contribution in [0.3, 0.4) is 0 Å². The molecule has 0 fully saturated rings. The van der Waals surface area contributed by atoms with Gasteiger partial charge in [-0.05, 0) is 95.0 Å². The van der Waals surface area contributed by atoms with Gasteiger partial charge in [-0.3, -0.25) is 0 Å². The van der Waals surface area contributed by atoms with E-state index in [1.807, 2.05) is 9.36 Å². The highest BCUT2D eigenvalue weighted by molar-refractivity contribution is 7.17. The molecule has 8 rings (SSSR count). The zero-order valence-electron chi connectivity index (χ0n) is 23.8. The quantitative estimate of drug-likeness (QED) is 0.193. The number of thiophene rings is 2. The van der Waals surface area contributed by atoms with Crippen molar-refractivity contribution in [2.24, 2.45) is 0 Å². The first-order valence-electron chi connectivity index (χ1n) is 14.3. The van der Waals surface area contributed by atoms with Crippen LogP contribution in [0.5, 0.6) is 0 Å². The Kier molecular flexibility index (Phi) is 6.14. The first-order chi connectivity index (χ1) is 21.0. The summed E-state index contributed by atoms with van der Waals surface area (Å²) in [6, 6.07) is 38.6. The lowest BCUT2D eigenvalue weighted by Gasteiger charge is -2.24. The predicted molar refractivity (Wildman–Crippen MR) is 181 cm³/mol. The highest BCUT2D eigenvalue weighted by atomic mass is 32.1. The highest BCUT2D eigenvalue weighted by Gasteiger charge is 2.35. The van der Waals surface area contributed by atoms with Gasteiger partial charge in [0.1, 0.15) is 0 Å². The summed E-state index contributed by atoms with van der Waals surface area (Å²) in [5.74, 6) is 0. The number of aromatic nitrogens is 4. The van der Waals surface area contributed by atoms with Gasteiger partial charge in [-0.2, -0.15) is 10.2 Å². The van der Waals surface area contributed by atoms with Gasteiger partial charge < -0.3 is 0 Å². The Hall–Kier alpha value is -4.78. The molecule has 0 bridgehead atoms. The van der Waals surface area contributed by atoms with E-state index in [-0.39, 0.29) is 0 Å². The van der Waals surface area contributed by atoms with Crippen LogP contribution in [0, 0.1) is 0 Å². The molecule has 208 valence electrons. The van der Waals surface area contributed by atoms with Gasteiger partial charge in [0.25, 0.3) is 0 Å². The number of hydrogen-bond acceptors (Lipinski definition) is 4.